The molecule has 0 aromatic carbocycles. The molecule has 104 valence electrons. The third-order valence-electron chi connectivity index (χ3n) is 2.45. The van der Waals surface area contributed by atoms with Crippen LogP contribution in [0.1, 0.15) is 19.5 Å². The highest BCUT2D eigenvalue weighted by Crippen LogP contribution is 2.12. The molecule has 0 unspecified atom stereocenters. The Morgan fingerprint density at radius 3 is 2.67 bits per heavy atom. The van der Waals surface area contributed by atoms with E-state index >= 15 is 0 Å². The van der Waals surface area contributed by atoms with Gasteiger partial charge in [-0.2, -0.15) is 0 Å². The lowest BCUT2D eigenvalue weighted by Gasteiger charge is -2.08. The van der Waals surface area contributed by atoms with Crippen molar-refractivity contribution in [3.05, 3.63) is 18.0 Å². The van der Waals surface area contributed by atoms with Crippen LogP contribution < -0.4 is 10.5 Å². The lowest BCUT2D eigenvalue weighted by molar-refractivity contribution is 0.0834. The predicted octanol–water partition coefficient (Wildman–Crippen LogP) is 0.187. The summed E-state index contributed by atoms with van der Waals surface area (Å²) in [5.41, 5.74) is 6.28. The molecular weight excluding hydrogens is 254 g/mol. The first-order chi connectivity index (χ1) is 8.36. The SMILES string of the molecule is CC(C)OCCNS(=O)(=O)c1cc(CN)n(C)c1. The second kappa shape index (κ2) is 6.33. The molecule has 1 heterocycles. The molecule has 0 spiro atoms. The summed E-state index contributed by atoms with van der Waals surface area (Å²) in [5, 5.41) is 0. The second-order valence-electron chi connectivity index (χ2n) is 4.30. The average Bonchev–Trinajstić information content (AvgIpc) is 2.66. The molecule has 1 aromatic heterocycles. The number of sulfonamides is 1. The first-order valence-electron chi connectivity index (χ1n) is 5.83. The van der Waals surface area contributed by atoms with Crippen LogP contribution in [0.5, 0.6) is 0 Å². The van der Waals surface area contributed by atoms with Crippen molar-refractivity contribution in [3.8, 4) is 0 Å². The molecule has 18 heavy (non-hydrogen) atoms. The van der Waals surface area contributed by atoms with E-state index in [1.165, 1.54) is 0 Å². The number of nitrogens with zero attached hydrogens (tertiary/aromatic N) is 1. The van der Waals surface area contributed by atoms with E-state index in [9.17, 15) is 8.42 Å². The van der Waals surface area contributed by atoms with Gasteiger partial charge in [0.15, 0.2) is 0 Å². The molecule has 6 nitrogen and oxygen atoms in total. The molecule has 0 bridgehead atoms. The minimum atomic E-state index is -3.48. The maximum Gasteiger partial charge on any atom is 0.242 e. The maximum atomic E-state index is 11.9. The van der Waals surface area contributed by atoms with Gasteiger partial charge in [-0.1, -0.05) is 0 Å². The molecule has 0 aliphatic rings. The zero-order valence-corrected chi connectivity index (χ0v) is 11.8. The normalized spacial score (nSPS) is 12.3. The summed E-state index contributed by atoms with van der Waals surface area (Å²) in [7, 11) is -1.71. The molecule has 0 saturated carbocycles. The highest BCUT2D eigenvalue weighted by Gasteiger charge is 2.16. The van der Waals surface area contributed by atoms with Crippen LogP contribution in [0, 0.1) is 0 Å². The van der Waals surface area contributed by atoms with Crippen LogP contribution >= 0.6 is 0 Å². The lowest BCUT2D eigenvalue weighted by Crippen LogP contribution is -2.28. The molecule has 0 atom stereocenters. The molecule has 3 N–H and O–H groups in total. The Morgan fingerprint density at radius 1 is 1.50 bits per heavy atom. The van der Waals surface area contributed by atoms with E-state index in [-0.39, 0.29) is 17.5 Å². The van der Waals surface area contributed by atoms with Gasteiger partial charge in [0.1, 0.15) is 0 Å². The van der Waals surface area contributed by atoms with E-state index in [0.717, 1.165) is 5.69 Å². The Balaban J connectivity index is 2.62. The minimum Gasteiger partial charge on any atom is -0.377 e. The van der Waals surface area contributed by atoms with Crippen LogP contribution in [0.25, 0.3) is 0 Å². The smallest absolute Gasteiger partial charge is 0.242 e. The van der Waals surface area contributed by atoms with Crippen LogP contribution in [-0.2, 0) is 28.4 Å². The van der Waals surface area contributed by atoms with Crippen LogP contribution in [0.15, 0.2) is 17.2 Å². The number of rotatable bonds is 7. The second-order valence-corrected chi connectivity index (χ2v) is 6.07. The molecule has 0 radical (unpaired) electrons. The van der Waals surface area contributed by atoms with Gasteiger partial charge in [0.05, 0.1) is 17.6 Å². The fourth-order valence-corrected chi connectivity index (χ4v) is 2.59. The molecule has 0 aliphatic heterocycles. The third-order valence-corrected chi connectivity index (χ3v) is 3.88. The third kappa shape index (κ3) is 4.09. The van der Waals surface area contributed by atoms with Crippen molar-refractivity contribution in [1.29, 1.82) is 0 Å². The van der Waals surface area contributed by atoms with Gasteiger partial charge in [0.2, 0.25) is 10.0 Å². The van der Waals surface area contributed by atoms with E-state index in [2.05, 4.69) is 4.72 Å². The van der Waals surface area contributed by atoms with Crippen molar-refractivity contribution < 1.29 is 13.2 Å². The molecule has 0 saturated heterocycles. The summed E-state index contributed by atoms with van der Waals surface area (Å²) >= 11 is 0. The predicted molar refractivity (Wildman–Crippen MR) is 69.6 cm³/mol. The van der Waals surface area contributed by atoms with Gasteiger partial charge in [0, 0.05) is 32.0 Å². The molecule has 0 amide bonds. The van der Waals surface area contributed by atoms with Gasteiger partial charge in [-0.15, -0.1) is 0 Å². The average molecular weight is 275 g/mol. The topological polar surface area (TPSA) is 86.3 Å². The molecule has 0 fully saturated rings. The van der Waals surface area contributed by atoms with E-state index in [4.69, 9.17) is 10.5 Å². The number of hydrogen-bond donors (Lipinski definition) is 2. The quantitative estimate of drug-likeness (QED) is 0.695. The summed E-state index contributed by atoms with van der Waals surface area (Å²) in [6.07, 6.45) is 1.64. The first kappa shape index (κ1) is 15.2. The van der Waals surface area contributed by atoms with E-state index in [1.807, 2.05) is 13.8 Å². The zero-order valence-electron chi connectivity index (χ0n) is 11.0. The van der Waals surface area contributed by atoms with Crippen molar-refractivity contribution in [2.24, 2.45) is 12.8 Å². The number of aromatic nitrogens is 1. The molecule has 1 aromatic rings. The summed E-state index contributed by atoms with van der Waals surface area (Å²) in [4.78, 5) is 0.231. The number of hydrogen-bond acceptors (Lipinski definition) is 4. The van der Waals surface area contributed by atoms with E-state index in [1.54, 1.807) is 23.9 Å². The van der Waals surface area contributed by atoms with Gasteiger partial charge in [0.25, 0.3) is 0 Å². The Morgan fingerprint density at radius 2 is 2.17 bits per heavy atom. The lowest BCUT2D eigenvalue weighted by atomic mass is 10.4. The van der Waals surface area contributed by atoms with E-state index in [0.29, 0.717) is 13.2 Å². The number of aryl methyl sites for hydroxylation is 1. The maximum absolute atomic E-state index is 11.9. The summed E-state index contributed by atoms with van der Waals surface area (Å²) in [6, 6.07) is 1.58. The number of nitrogens with one attached hydrogen (secondary N) is 1. The van der Waals surface area contributed by atoms with Gasteiger partial charge in [-0.3, -0.25) is 0 Å². The fraction of sp³-hybridized carbons (Fsp3) is 0.636. The fourth-order valence-electron chi connectivity index (χ4n) is 1.48. The highest BCUT2D eigenvalue weighted by molar-refractivity contribution is 7.89. The van der Waals surface area contributed by atoms with Crippen molar-refractivity contribution in [2.45, 2.75) is 31.4 Å². The van der Waals surface area contributed by atoms with Crippen LogP contribution in [0.3, 0.4) is 0 Å². The first-order valence-corrected chi connectivity index (χ1v) is 7.31. The van der Waals surface area contributed by atoms with Crippen LogP contribution in [-0.4, -0.2) is 32.2 Å². The molecular formula is C11H21N3O3S. The van der Waals surface area contributed by atoms with Gasteiger partial charge < -0.3 is 15.0 Å². The van der Waals surface area contributed by atoms with Gasteiger partial charge >= 0.3 is 0 Å². The summed E-state index contributed by atoms with van der Waals surface area (Å²) in [5.74, 6) is 0. The number of ether oxygens (including phenoxy) is 1. The summed E-state index contributed by atoms with van der Waals surface area (Å²) < 4.78 is 33.3. The Labute approximate surface area is 108 Å². The molecule has 7 heteroatoms. The standard InChI is InChI=1S/C11H21N3O3S/c1-9(2)17-5-4-13-18(15,16)11-6-10(7-12)14(3)8-11/h6,8-9,13H,4-5,7,12H2,1-3H3. The zero-order chi connectivity index (χ0) is 13.8. The van der Waals surface area contributed by atoms with Gasteiger partial charge in [-0.05, 0) is 19.9 Å². The van der Waals surface area contributed by atoms with Crippen molar-refractivity contribution in [2.75, 3.05) is 13.2 Å². The van der Waals surface area contributed by atoms with Crippen molar-refractivity contribution in [3.63, 3.8) is 0 Å². The van der Waals surface area contributed by atoms with E-state index < -0.39 is 10.0 Å². The Bertz CT molecular complexity index is 480. The van der Waals surface area contributed by atoms with Crippen molar-refractivity contribution in [1.82, 2.24) is 9.29 Å². The van der Waals surface area contributed by atoms with Crippen LogP contribution in [0.2, 0.25) is 0 Å². The molecule has 0 aliphatic carbocycles. The largest absolute Gasteiger partial charge is 0.377 e. The van der Waals surface area contributed by atoms with Crippen LogP contribution in [0.4, 0.5) is 0 Å². The Kier molecular flexibility index (Phi) is 5.33. The Hall–Kier alpha value is -0.890. The van der Waals surface area contributed by atoms with Crippen molar-refractivity contribution >= 4 is 10.0 Å². The van der Waals surface area contributed by atoms with Gasteiger partial charge in [-0.25, -0.2) is 13.1 Å². The highest BCUT2D eigenvalue weighted by atomic mass is 32.2. The monoisotopic (exact) mass is 275 g/mol. The molecule has 1 rings (SSSR count). The number of nitrogens with two attached hydrogens (primary N) is 1. The minimum absolute atomic E-state index is 0.0927. The summed E-state index contributed by atoms with van der Waals surface area (Å²) in [6.45, 7) is 4.72.